The maximum absolute atomic E-state index is 13.2. The minimum atomic E-state index is -0.921. The van der Waals surface area contributed by atoms with Gasteiger partial charge in [0.2, 0.25) is 5.91 Å². The highest BCUT2D eigenvalue weighted by atomic mass is 19.2. The fraction of sp³-hybridized carbons (Fsp3) is 0.500. The van der Waals surface area contributed by atoms with Gasteiger partial charge in [-0.05, 0) is 30.0 Å². The summed E-state index contributed by atoms with van der Waals surface area (Å²) in [6, 6.07) is 3.61. The van der Waals surface area contributed by atoms with Crippen LogP contribution in [-0.4, -0.2) is 48.1 Å². The average Bonchev–Trinajstić information content (AvgIpc) is 2.73. The van der Waals surface area contributed by atoms with Gasteiger partial charge in [-0.15, -0.1) is 0 Å². The van der Waals surface area contributed by atoms with Crippen molar-refractivity contribution in [2.45, 2.75) is 19.3 Å². The lowest BCUT2D eigenvalue weighted by Gasteiger charge is -2.23. The van der Waals surface area contributed by atoms with E-state index in [1.165, 1.54) is 6.07 Å². The van der Waals surface area contributed by atoms with Gasteiger partial charge in [0.15, 0.2) is 11.6 Å². The minimum absolute atomic E-state index is 0.0138. The third-order valence-corrected chi connectivity index (χ3v) is 3.90. The van der Waals surface area contributed by atoms with Crippen LogP contribution in [-0.2, 0) is 16.0 Å². The van der Waals surface area contributed by atoms with Crippen LogP contribution < -0.4 is 5.32 Å². The van der Waals surface area contributed by atoms with E-state index in [1.807, 2.05) is 0 Å². The van der Waals surface area contributed by atoms with E-state index in [0.29, 0.717) is 38.2 Å². The summed E-state index contributed by atoms with van der Waals surface area (Å²) in [5.41, 5.74) is 0.562. The summed E-state index contributed by atoms with van der Waals surface area (Å²) in [6.45, 7) is 2.11. The van der Waals surface area contributed by atoms with Crippen LogP contribution in [0.2, 0.25) is 0 Å². The third kappa shape index (κ3) is 5.28. The smallest absolute Gasteiger partial charge is 0.303 e. The number of benzene rings is 1. The van der Waals surface area contributed by atoms with E-state index in [9.17, 15) is 18.4 Å². The summed E-state index contributed by atoms with van der Waals surface area (Å²) in [6.07, 6.45) is 0.522. The Bertz CT molecular complexity index is 580. The van der Waals surface area contributed by atoms with E-state index in [2.05, 4.69) is 5.32 Å². The number of carboxylic acid groups (broad SMARTS) is 1. The Morgan fingerprint density at radius 1 is 1.30 bits per heavy atom. The van der Waals surface area contributed by atoms with Gasteiger partial charge in [-0.3, -0.25) is 9.59 Å². The quantitative estimate of drug-likeness (QED) is 0.859. The van der Waals surface area contributed by atoms with Crippen LogP contribution in [0, 0.1) is 17.6 Å². The second-order valence-electron chi connectivity index (χ2n) is 5.76. The molecule has 23 heavy (non-hydrogen) atoms. The highest BCUT2D eigenvalue weighted by Gasteiger charge is 2.23. The van der Waals surface area contributed by atoms with Crippen LogP contribution >= 0.6 is 0 Å². The van der Waals surface area contributed by atoms with E-state index in [1.54, 1.807) is 4.90 Å². The molecule has 2 N–H and O–H groups in total. The highest BCUT2D eigenvalue weighted by molar-refractivity contribution is 5.76. The molecule has 0 unspecified atom stereocenters. The molecule has 0 bridgehead atoms. The largest absolute Gasteiger partial charge is 0.481 e. The average molecular weight is 326 g/mol. The van der Waals surface area contributed by atoms with Crippen LogP contribution in [0.15, 0.2) is 18.2 Å². The summed E-state index contributed by atoms with van der Waals surface area (Å²) in [7, 11) is 0. The standard InChI is InChI=1S/C16H20F2N2O3/c17-13-3-1-11(7-14(13)18)2-4-15(21)20-6-5-19-9-12(10-20)8-16(22)23/h1,3,7,12,19H,2,4-6,8-10H2,(H,22,23)/t12-/m1/s1. The lowest BCUT2D eigenvalue weighted by atomic mass is 10.0. The normalized spacial score (nSPS) is 18.5. The monoisotopic (exact) mass is 326 g/mol. The second-order valence-corrected chi connectivity index (χ2v) is 5.76. The molecule has 1 aromatic rings. The van der Waals surface area contributed by atoms with Gasteiger partial charge in [-0.25, -0.2) is 8.78 Å². The first kappa shape index (κ1) is 17.3. The summed E-state index contributed by atoms with van der Waals surface area (Å²) in [5.74, 6) is -2.94. The molecule has 126 valence electrons. The molecule has 1 heterocycles. The van der Waals surface area contributed by atoms with Crippen molar-refractivity contribution in [1.29, 1.82) is 0 Å². The number of aliphatic carboxylic acids is 1. The topological polar surface area (TPSA) is 69.6 Å². The Labute approximate surface area is 133 Å². The first-order chi connectivity index (χ1) is 11.0. The Morgan fingerprint density at radius 2 is 2.09 bits per heavy atom. The summed E-state index contributed by atoms with van der Waals surface area (Å²) in [4.78, 5) is 24.8. The minimum Gasteiger partial charge on any atom is -0.481 e. The van der Waals surface area contributed by atoms with Gasteiger partial charge < -0.3 is 15.3 Å². The maximum atomic E-state index is 13.2. The van der Waals surface area contributed by atoms with E-state index in [0.717, 1.165) is 12.1 Å². The first-order valence-corrected chi connectivity index (χ1v) is 7.60. The molecule has 1 amide bonds. The number of carboxylic acids is 1. The summed E-state index contributed by atoms with van der Waals surface area (Å²) in [5, 5.41) is 12.0. The van der Waals surface area contributed by atoms with Crippen LogP contribution in [0.5, 0.6) is 0 Å². The molecule has 5 nitrogen and oxygen atoms in total. The lowest BCUT2D eigenvalue weighted by Crippen LogP contribution is -2.36. The van der Waals surface area contributed by atoms with Gasteiger partial charge in [0.05, 0.1) is 6.42 Å². The fourth-order valence-corrected chi connectivity index (χ4v) is 2.70. The van der Waals surface area contributed by atoms with Crippen LogP contribution in [0.3, 0.4) is 0 Å². The number of hydrogen-bond acceptors (Lipinski definition) is 3. The van der Waals surface area contributed by atoms with Crippen LogP contribution in [0.25, 0.3) is 0 Å². The van der Waals surface area contributed by atoms with Crippen molar-refractivity contribution in [2.24, 2.45) is 5.92 Å². The number of nitrogens with one attached hydrogen (secondary N) is 1. The molecular weight excluding hydrogens is 306 g/mol. The van der Waals surface area contributed by atoms with Crippen molar-refractivity contribution in [3.63, 3.8) is 0 Å². The van der Waals surface area contributed by atoms with Crippen LogP contribution in [0.1, 0.15) is 18.4 Å². The van der Waals surface area contributed by atoms with Gasteiger partial charge in [-0.1, -0.05) is 6.07 Å². The van der Waals surface area contributed by atoms with Gasteiger partial charge in [0.25, 0.3) is 0 Å². The van der Waals surface area contributed by atoms with Gasteiger partial charge >= 0.3 is 5.97 Å². The zero-order chi connectivity index (χ0) is 16.8. The van der Waals surface area contributed by atoms with Gasteiger partial charge in [0, 0.05) is 32.6 Å². The predicted octanol–water partition coefficient (Wildman–Crippen LogP) is 1.42. The van der Waals surface area contributed by atoms with E-state index < -0.39 is 17.6 Å². The number of rotatable bonds is 5. The first-order valence-electron chi connectivity index (χ1n) is 7.60. The van der Waals surface area contributed by atoms with E-state index >= 15 is 0 Å². The molecule has 1 atom stereocenters. The van der Waals surface area contributed by atoms with Crippen molar-refractivity contribution in [1.82, 2.24) is 10.2 Å². The predicted molar refractivity (Wildman–Crippen MR) is 79.9 cm³/mol. The molecule has 1 aliphatic rings. The SMILES string of the molecule is O=C(O)C[C@@H]1CNCCN(C(=O)CCc2ccc(F)c(F)c2)C1. The maximum Gasteiger partial charge on any atom is 0.303 e. The third-order valence-electron chi connectivity index (χ3n) is 3.90. The molecule has 0 radical (unpaired) electrons. The number of halogens is 2. The molecule has 1 saturated heterocycles. The number of aryl methyl sites for hydroxylation is 1. The van der Waals surface area contributed by atoms with Crippen molar-refractivity contribution >= 4 is 11.9 Å². The summed E-state index contributed by atoms with van der Waals surface area (Å²) >= 11 is 0. The molecule has 1 aliphatic heterocycles. The van der Waals surface area contributed by atoms with Crippen molar-refractivity contribution in [3.05, 3.63) is 35.4 Å². The Kier molecular flexibility index (Phi) is 6.04. The zero-order valence-electron chi connectivity index (χ0n) is 12.7. The number of amides is 1. The molecule has 0 spiro atoms. The molecule has 0 saturated carbocycles. The van der Waals surface area contributed by atoms with E-state index in [-0.39, 0.29) is 24.7 Å². The Hall–Kier alpha value is -2.02. The van der Waals surface area contributed by atoms with Gasteiger partial charge in [0.1, 0.15) is 0 Å². The molecule has 0 aliphatic carbocycles. The zero-order valence-corrected chi connectivity index (χ0v) is 12.7. The van der Waals surface area contributed by atoms with Crippen molar-refractivity contribution in [3.8, 4) is 0 Å². The van der Waals surface area contributed by atoms with Crippen molar-refractivity contribution < 1.29 is 23.5 Å². The number of nitrogens with zero attached hydrogens (tertiary/aromatic N) is 1. The highest BCUT2D eigenvalue weighted by Crippen LogP contribution is 2.13. The lowest BCUT2D eigenvalue weighted by molar-refractivity contribution is -0.139. The number of carbonyl (C=O) groups excluding carboxylic acids is 1. The molecule has 7 heteroatoms. The molecule has 1 aromatic carbocycles. The Morgan fingerprint density at radius 3 is 2.78 bits per heavy atom. The number of carbonyl (C=O) groups is 2. The summed E-state index contributed by atoms with van der Waals surface area (Å²) < 4.78 is 26.0. The fourth-order valence-electron chi connectivity index (χ4n) is 2.70. The van der Waals surface area contributed by atoms with Gasteiger partial charge in [-0.2, -0.15) is 0 Å². The van der Waals surface area contributed by atoms with E-state index in [4.69, 9.17) is 5.11 Å². The molecule has 1 fully saturated rings. The molecule has 0 aromatic heterocycles. The van der Waals surface area contributed by atoms with Crippen LogP contribution in [0.4, 0.5) is 8.78 Å². The Balaban J connectivity index is 1.90. The molecule has 2 rings (SSSR count). The molecular formula is C16H20F2N2O3. The number of hydrogen-bond donors (Lipinski definition) is 2. The van der Waals surface area contributed by atoms with Crippen molar-refractivity contribution in [2.75, 3.05) is 26.2 Å². The second kappa shape index (κ2) is 8.01.